The van der Waals surface area contributed by atoms with E-state index in [1.165, 1.54) is 0 Å². The Labute approximate surface area is 103 Å². The second-order valence-electron chi connectivity index (χ2n) is 3.57. The van der Waals surface area contributed by atoms with Crippen molar-refractivity contribution in [2.24, 2.45) is 0 Å². The molecule has 0 aliphatic heterocycles. The van der Waals surface area contributed by atoms with Gasteiger partial charge in [0.15, 0.2) is 0 Å². The zero-order chi connectivity index (χ0) is 12.8. The van der Waals surface area contributed by atoms with E-state index in [2.05, 4.69) is 5.32 Å². The first-order valence-electron chi connectivity index (χ1n) is 5.16. The average Bonchev–Trinajstić information content (AvgIpc) is 2.61. The van der Waals surface area contributed by atoms with Gasteiger partial charge in [-0.05, 0) is 24.3 Å². The number of thiophene rings is 1. The lowest BCUT2D eigenvalue weighted by Gasteiger charge is -2.06. The Balaban J connectivity index is 2.64. The summed E-state index contributed by atoms with van der Waals surface area (Å²) in [5.74, 6) is -1.21. The van der Waals surface area contributed by atoms with Crippen LogP contribution in [0.1, 0.15) is 28.1 Å². The molecule has 1 heterocycles. The van der Waals surface area contributed by atoms with E-state index in [0.717, 1.165) is 16.9 Å². The molecular formula is C11H15NO4S. The Hall–Kier alpha value is -1.40. The number of amides is 1. The number of methoxy groups -OCH3 is 1. The average molecular weight is 257 g/mol. The van der Waals surface area contributed by atoms with Crippen molar-refractivity contribution in [3.63, 3.8) is 0 Å². The van der Waals surface area contributed by atoms with E-state index in [0.29, 0.717) is 25.1 Å². The van der Waals surface area contributed by atoms with Crippen LogP contribution in [-0.2, 0) is 9.53 Å². The maximum atomic E-state index is 11.6. The summed E-state index contributed by atoms with van der Waals surface area (Å²) in [6.45, 7) is 2.29. The molecule has 0 unspecified atom stereocenters. The predicted octanol–water partition coefficient (Wildman–Crippen LogP) is 2.12. The maximum absolute atomic E-state index is 11.6. The van der Waals surface area contributed by atoms with Crippen LogP contribution in [0.15, 0.2) is 5.38 Å². The smallest absolute Gasteiger partial charge is 0.348 e. The molecule has 0 spiro atoms. The number of aryl methyl sites for hydroxylation is 1. The third-order valence-electron chi connectivity index (χ3n) is 2.19. The summed E-state index contributed by atoms with van der Waals surface area (Å²) in [5, 5.41) is 13.3. The summed E-state index contributed by atoms with van der Waals surface area (Å²) in [6, 6.07) is 0. The van der Waals surface area contributed by atoms with Crippen LogP contribution in [0.25, 0.3) is 0 Å². The Morgan fingerprint density at radius 3 is 2.82 bits per heavy atom. The number of carbonyl (C=O) groups excluding carboxylic acids is 1. The number of nitrogens with one attached hydrogen (secondary N) is 1. The van der Waals surface area contributed by atoms with E-state index >= 15 is 0 Å². The van der Waals surface area contributed by atoms with Crippen LogP contribution >= 0.6 is 11.3 Å². The van der Waals surface area contributed by atoms with Gasteiger partial charge in [0.25, 0.3) is 0 Å². The van der Waals surface area contributed by atoms with Crippen molar-refractivity contribution in [1.29, 1.82) is 0 Å². The molecular weight excluding hydrogens is 242 g/mol. The number of rotatable bonds is 6. The number of carbonyl (C=O) groups is 2. The number of aromatic carboxylic acids is 1. The zero-order valence-electron chi connectivity index (χ0n) is 9.78. The second kappa shape index (κ2) is 6.36. The van der Waals surface area contributed by atoms with Crippen molar-refractivity contribution in [2.45, 2.75) is 19.8 Å². The van der Waals surface area contributed by atoms with Gasteiger partial charge in [0.1, 0.15) is 4.88 Å². The zero-order valence-corrected chi connectivity index (χ0v) is 10.6. The minimum Gasteiger partial charge on any atom is -0.477 e. The highest BCUT2D eigenvalue weighted by Gasteiger charge is 2.16. The first-order valence-corrected chi connectivity index (χ1v) is 6.04. The van der Waals surface area contributed by atoms with Crippen molar-refractivity contribution in [3.05, 3.63) is 15.8 Å². The van der Waals surface area contributed by atoms with Crippen molar-refractivity contribution in [1.82, 2.24) is 0 Å². The maximum Gasteiger partial charge on any atom is 0.348 e. The van der Waals surface area contributed by atoms with Gasteiger partial charge in [-0.1, -0.05) is 0 Å². The summed E-state index contributed by atoms with van der Waals surface area (Å²) in [6.07, 6.45) is 0.941. The van der Waals surface area contributed by atoms with Gasteiger partial charge >= 0.3 is 5.97 Å². The number of hydrogen-bond donors (Lipinski definition) is 2. The van der Waals surface area contributed by atoms with Gasteiger partial charge in [-0.15, -0.1) is 11.3 Å². The number of ether oxygens (including phenoxy) is 1. The van der Waals surface area contributed by atoms with Gasteiger partial charge in [0, 0.05) is 20.1 Å². The van der Waals surface area contributed by atoms with Crippen LogP contribution in [0.5, 0.6) is 0 Å². The normalized spacial score (nSPS) is 10.2. The molecule has 5 nitrogen and oxygen atoms in total. The van der Waals surface area contributed by atoms with Crippen LogP contribution in [0.4, 0.5) is 5.69 Å². The van der Waals surface area contributed by atoms with E-state index in [4.69, 9.17) is 9.84 Å². The SMILES string of the molecule is COCCCC(=O)Nc1c(C)csc1C(=O)O. The van der Waals surface area contributed by atoms with Crippen molar-refractivity contribution >= 4 is 28.9 Å². The molecule has 17 heavy (non-hydrogen) atoms. The van der Waals surface area contributed by atoms with Crippen LogP contribution in [0, 0.1) is 6.92 Å². The van der Waals surface area contributed by atoms with E-state index < -0.39 is 5.97 Å². The topological polar surface area (TPSA) is 75.6 Å². The number of carboxylic acid groups (broad SMARTS) is 1. The molecule has 1 amide bonds. The fourth-order valence-electron chi connectivity index (χ4n) is 1.34. The van der Waals surface area contributed by atoms with Gasteiger partial charge < -0.3 is 15.2 Å². The Morgan fingerprint density at radius 2 is 2.24 bits per heavy atom. The van der Waals surface area contributed by atoms with Gasteiger partial charge in [-0.3, -0.25) is 4.79 Å². The number of carboxylic acids is 1. The third kappa shape index (κ3) is 3.83. The lowest BCUT2D eigenvalue weighted by molar-refractivity contribution is -0.116. The fourth-order valence-corrected chi connectivity index (χ4v) is 2.18. The fraction of sp³-hybridized carbons (Fsp3) is 0.455. The first-order chi connectivity index (χ1) is 8.06. The monoisotopic (exact) mass is 257 g/mol. The van der Waals surface area contributed by atoms with Crippen molar-refractivity contribution < 1.29 is 19.4 Å². The van der Waals surface area contributed by atoms with E-state index in [1.54, 1.807) is 19.4 Å². The molecule has 0 atom stereocenters. The highest BCUT2D eigenvalue weighted by atomic mass is 32.1. The molecule has 0 radical (unpaired) electrons. The molecule has 2 N–H and O–H groups in total. The molecule has 6 heteroatoms. The molecule has 1 aromatic heterocycles. The second-order valence-corrected chi connectivity index (χ2v) is 4.45. The molecule has 1 aromatic rings. The Bertz CT molecular complexity index is 414. The van der Waals surface area contributed by atoms with Gasteiger partial charge in [-0.25, -0.2) is 4.79 Å². The van der Waals surface area contributed by atoms with Crippen LogP contribution in [-0.4, -0.2) is 30.7 Å². The van der Waals surface area contributed by atoms with Crippen molar-refractivity contribution in [3.8, 4) is 0 Å². The van der Waals surface area contributed by atoms with Gasteiger partial charge in [0.05, 0.1) is 5.69 Å². The lowest BCUT2D eigenvalue weighted by Crippen LogP contribution is -2.14. The minimum atomic E-state index is -1.02. The quantitative estimate of drug-likeness (QED) is 0.765. The number of anilines is 1. The molecule has 1 rings (SSSR count). The van der Waals surface area contributed by atoms with Crippen molar-refractivity contribution in [2.75, 3.05) is 19.0 Å². The molecule has 0 saturated carbocycles. The highest BCUT2D eigenvalue weighted by Crippen LogP contribution is 2.27. The first kappa shape index (κ1) is 13.7. The molecule has 0 aliphatic rings. The standard InChI is InChI=1S/C11H15NO4S/c1-7-6-17-10(11(14)15)9(7)12-8(13)4-3-5-16-2/h6H,3-5H2,1-2H3,(H,12,13)(H,14,15). The van der Waals surface area contributed by atoms with Crippen LogP contribution in [0.2, 0.25) is 0 Å². The lowest BCUT2D eigenvalue weighted by atomic mass is 10.2. The Morgan fingerprint density at radius 1 is 1.53 bits per heavy atom. The molecule has 0 saturated heterocycles. The van der Waals surface area contributed by atoms with Gasteiger partial charge in [-0.2, -0.15) is 0 Å². The summed E-state index contributed by atoms with van der Waals surface area (Å²) in [7, 11) is 1.57. The highest BCUT2D eigenvalue weighted by molar-refractivity contribution is 7.12. The number of hydrogen-bond acceptors (Lipinski definition) is 4. The minimum absolute atomic E-state index is 0.169. The van der Waals surface area contributed by atoms with Crippen LogP contribution in [0.3, 0.4) is 0 Å². The third-order valence-corrected chi connectivity index (χ3v) is 3.27. The molecule has 0 bridgehead atoms. The molecule has 0 aromatic carbocycles. The van der Waals surface area contributed by atoms with E-state index in [1.807, 2.05) is 0 Å². The van der Waals surface area contributed by atoms with E-state index in [9.17, 15) is 9.59 Å². The largest absolute Gasteiger partial charge is 0.477 e. The summed E-state index contributed by atoms with van der Waals surface area (Å²) in [4.78, 5) is 22.6. The summed E-state index contributed by atoms with van der Waals surface area (Å²) < 4.78 is 4.84. The molecule has 0 fully saturated rings. The molecule has 94 valence electrons. The van der Waals surface area contributed by atoms with Crippen LogP contribution < -0.4 is 5.32 Å². The van der Waals surface area contributed by atoms with E-state index in [-0.39, 0.29) is 10.8 Å². The summed E-state index contributed by atoms with van der Waals surface area (Å²) >= 11 is 1.12. The van der Waals surface area contributed by atoms with Gasteiger partial charge in [0.2, 0.25) is 5.91 Å². The summed E-state index contributed by atoms with van der Waals surface area (Å²) in [5.41, 5.74) is 1.18. The Kier molecular flexibility index (Phi) is 5.11. The molecule has 0 aliphatic carbocycles. The predicted molar refractivity (Wildman–Crippen MR) is 65.8 cm³/mol.